The van der Waals surface area contributed by atoms with Gasteiger partial charge < -0.3 is 19.2 Å². The second kappa shape index (κ2) is 8.94. The maximum absolute atomic E-state index is 12.4. The van der Waals surface area contributed by atoms with E-state index in [0.29, 0.717) is 33.3 Å². The molecule has 0 atom stereocenters. The first-order chi connectivity index (χ1) is 15.0. The molecule has 2 aromatic carbocycles. The van der Waals surface area contributed by atoms with Crippen LogP contribution < -0.4 is 14.8 Å². The van der Waals surface area contributed by atoms with Gasteiger partial charge in [-0.15, -0.1) is 10.2 Å². The Bertz CT molecular complexity index is 1250. The molecule has 2 heterocycles. The van der Waals surface area contributed by atoms with Crippen molar-refractivity contribution in [1.29, 1.82) is 0 Å². The molecule has 0 aliphatic heterocycles. The normalized spacial score (nSPS) is 11.0. The number of carbonyl (C=O) groups is 1. The van der Waals surface area contributed by atoms with Gasteiger partial charge in [-0.05, 0) is 49.2 Å². The van der Waals surface area contributed by atoms with Gasteiger partial charge in [-0.25, -0.2) is 4.98 Å². The highest BCUT2D eigenvalue weighted by Gasteiger charge is 2.15. The summed E-state index contributed by atoms with van der Waals surface area (Å²) in [6, 6.07) is 9.46. The maximum atomic E-state index is 12.4. The number of hydrogen-bond acceptors (Lipinski definition) is 9. The lowest BCUT2D eigenvalue weighted by molar-refractivity contribution is -0.113. The first kappa shape index (κ1) is 21.1. The van der Waals surface area contributed by atoms with Gasteiger partial charge in [0.1, 0.15) is 0 Å². The topological polar surface area (TPSA) is 99.4 Å². The second-order valence-electron chi connectivity index (χ2n) is 6.73. The molecule has 31 heavy (non-hydrogen) atoms. The molecule has 0 aliphatic carbocycles. The van der Waals surface area contributed by atoms with Crippen LogP contribution in [-0.4, -0.2) is 41.1 Å². The fraction of sp³-hybridized carbons (Fsp3) is 0.238. The molecule has 4 rings (SSSR count). The average Bonchev–Trinajstić information content (AvgIpc) is 3.38. The monoisotopic (exact) mass is 456 g/mol. The molecule has 10 heteroatoms. The number of fused-ring (bicyclic) bond motifs is 1. The Balaban J connectivity index is 1.39. The van der Waals surface area contributed by atoms with E-state index >= 15 is 0 Å². The third-order valence-corrected chi connectivity index (χ3v) is 6.18. The first-order valence-corrected chi connectivity index (χ1v) is 11.1. The zero-order chi connectivity index (χ0) is 22.0. The van der Waals surface area contributed by atoms with Crippen LogP contribution in [0.2, 0.25) is 0 Å². The number of nitrogens with zero attached hydrogens (tertiary/aromatic N) is 3. The molecule has 0 aliphatic rings. The Morgan fingerprint density at radius 3 is 2.71 bits per heavy atom. The van der Waals surface area contributed by atoms with Crippen molar-refractivity contribution in [2.75, 3.05) is 25.3 Å². The molecule has 1 N–H and O–H groups in total. The minimum Gasteiger partial charge on any atom is -0.493 e. The zero-order valence-corrected chi connectivity index (χ0v) is 19.0. The van der Waals surface area contributed by atoms with Crippen LogP contribution in [0.15, 0.2) is 40.0 Å². The van der Waals surface area contributed by atoms with Gasteiger partial charge in [-0.2, -0.15) is 0 Å². The quantitative estimate of drug-likeness (QED) is 0.399. The minimum absolute atomic E-state index is 0.126. The summed E-state index contributed by atoms with van der Waals surface area (Å²) in [4.78, 5) is 16.9. The highest BCUT2D eigenvalue weighted by atomic mass is 32.2. The lowest BCUT2D eigenvalue weighted by atomic mass is 10.1. The summed E-state index contributed by atoms with van der Waals surface area (Å²) in [6.07, 6.45) is 0. The van der Waals surface area contributed by atoms with Crippen LogP contribution in [0.1, 0.15) is 11.1 Å². The number of aryl methyl sites for hydroxylation is 2. The number of methoxy groups -OCH3 is 2. The molecular formula is C21H20N4O4S2. The molecule has 160 valence electrons. The molecule has 1 amide bonds. The second-order valence-corrected chi connectivity index (χ2v) is 8.68. The van der Waals surface area contributed by atoms with Crippen LogP contribution in [0, 0.1) is 13.8 Å². The number of carbonyl (C=O) groups excluding carboxylic acids is 1. The van der Waals surface area contributed by atoms with E-state index in [1.807, 2.05) is 13.8 Å². The predicted octanol–water partition coefficient (Wildman–Crippen LogP) is 4.71. The number of anilines is 1. The number of ether oxygens (including phenoxy) is 2. The smallest absolute Gasteiger partial charge is 0.277 e. The Morgan fingerprint density at radius 1 is 1.13 bits per heavy atom. The van der Waals surface area contributed by atoms with Gasteiger partial charge in [0.25, 0.3) is 5.22 Å². The van der Waals surface area contributed by atoms with E-state index in [1.165, 1.54) is 16.9 Å². The predicted molar refractivity (Wildman–Crippen MR) is 121 cm³/mol. The Labute approximate surface area is 187 Å². The third kappa shape index (κ3) is 4.64. The van der Waals surface area contributed by atoms with Crippen LogP contribution in [0.3, 0.4) is 0 Å². The van der Waals surface area contributed by atoms with Crippen molar-refractivity contribution < 1.29 is 18.7 Å². The van der Waals surface area contributed by atoms with E-state index in [1.54, 1.807) is 32.4 Å². The number of thiazole rings is 1. The van der Waals surface area contributed by atoms with E-state index in [9.17, 15) is 4.79 Å². The van der Waals surface area contributed by atoms with E-state index < -0.39 is 0 Å². The largest absolute Gasteiger partial charge is 0.493 e. The van der Waals surface area contributed by atoms with Crippen molar-refractivity contribution in [3.8, 4) is 23.0 Å². The molecule has 0 unspecified atom stereocenters. The number of benzene rings is 2. The fourth-order valence-corrected chi connectivity index (χ4v) is 4.68. The highest BCUT2D eigenvalue weighted by molar-refractivity contribution is 7.99. The minimum atomic E-state index is -0.190. The Hall–Kier alpha value is -3.11. The molecule has 2 aromatic heterocycles. The van der Waals surface area contributed by atoms with Crippen LogP contribution in [0.4, 0.5) is 5.13 Å². The summed E-state index contributed by atoms with van der Waals surface area (Å²) in [5, 5.41) is 11.8. The standard InChI is InChI=1S/C21H20N4O4S2/c1-11-7-12(2)18-16(8-11)31-20(23-18)22-17(26)10-30-21-25-24-19(29-21)13-5-6-14(27-3)15(9-13)28-4/h5-9H,10H2,1-4H3,(H,22,23,26). The number of aromatic nitrogens is 3. The number of thioether (sulfide) groups is 1. The lowest BCUT2D eigenvalue weighted by Gasteiger charge is -2.07. The van der Waals surface area contributed by atoms with Crippen LogP contribution in [0.5, 0.6) is 11.5 Å². The van der Waals surface area contributed by atoms with E-state index in [2.05, 4.69) is 32.6 Å². The number of amides is 1. The molecular weight excluding hydrogens is 436 g/mol. The van der Waals surface area contributed by atoms with E-state index in [-0.39, 0.29) is 11.7 Å². The molecule has 8 nitrogen and oxygen atoms in total. The third-order valence-electron chi connectivity index (χ3n) is 4.44. The zero-order valence-electron chi connectivity index (χ0n) is 17.4. The molecule has 0 fully saturated rings. The van der Waals surface area contributed by atoms with E-state index in [0.717, 1.165) is 27.5 Å². The van der Waals surface area contributed by atoms with Crippen molar-refractivity contribution in [2.24, 2.45) is 0 Å². The summed E-state index contributed by atoms with van der Waals surface area (Å²) in [5.41, 5.74) is 3.87. The van der Waals surface area contributed by atoms with Gasteiger partial charge >= 0.3 is 0 Å². The average molecular weight is 457 g/mol. The molecule has 4 aromatic rings. The molecule has 0 bridgehead atoms. The van der Waals surface area contributed by atoms with Crippen LogP contribution >= 0.6 is 23.1 Å². The number of hydrogen-bond donors (Lipinski definition) is 1. The number of nitrogens with one attached hydrogen (secondary N) is 1. The summed E-state index contributed by atoms with van der Waals surface area (Å²) < 4.78 is 17.3. The van der Waals surface area contributed by atoms with Gasteiger partial charge in [-0.1, -0.05) is 29.2 Å². The van der Waals surface area contributed by atoms with Crippen molar-refractivity contribution in [2.45, 2.75) is 19.1 Å². The van der Waals surface area contributed by atoms with Crippen molar-refractivity contribution in [1.82, 2.24) is 15.2 Å². The molecule has 0 radical (unpaired) electrons. The highest BCUT2D eigenvalue weighted by Crippen LogP contribution is 2.33. The first-order valence-electron chi connectivity index (χ1n) is 9.33. The summed E-state index contributed by atoms with van der Waals surface area (Å²) in [5.74, 6) is 1.44. The van der Waals surface area contributed by atoms with E-state index in [4.69, 9.17) is 13.9 Å². The van der Waals surface area contributed by atoms with Gasteiger partial charge in [0, 0.05) is 5.56 Å². The summed E-state index contributed by atoms with van der Waals surface area (Å²) >= 11 is 2.62. The maximum Gasteiger partial charge on any atom is 0.277 e. The van der Waals surface area contributed by atoms with Crippen molar-refractivity contribution in [3.05, 3.63) is 41.5 Å². The van der Waals surface area contributed by atoms with Crippen LogP contribution in [-0.2, 0) is 4.79 Å². The van der Waals surface area contributed by atoms with Gasteiger partial charge in [0.2, 0.25) is 11.8 Å². The molecule has 0 spiro atoms. The van der Waals surface area contributed by atoms with Gasteiger partial charge in [-0.3, -0.25) is 4.79 Å². The van der Waals surface area contributed by atoms with Crippen LogP contribution in [0.25, 0.3) is 21.7 Å². The Kier molecular flexibility index (Phi) is 6.10. The SMILES string of the molecule is COc1ccc(-c2nnc(SCC(=O)Nc3nc4c(C)cc(C)cc4s3)o2)cc1OC. The Morgan fingerprint density at radius 2 is 1.94 bits per heavy atom. The molecule has 0 saturated carbocycles. The fourth-order valence-electron chi connectivity index (χ4n) is 3.06. The van der Waals surface area contributed by atoms with Crippen molar-refractivity contribution >= 4 is 44.4 Å². The van der Waals surface area contributed by atoms with Gasteiger partial charge in [0.05, 0.1) is 30.2 Å². The summed E-state index contributed by atoms with van der Waals surface area (Å²) in [6.45, 7) is 4.06. The summed E-state index contributed by atoms with van der Waals surface area (Å²) in [7, 11) is 3.13. The van der Waals surface area contributed by atoms with Gasteiger partial charge in [0.15, 0.2) is 16.6 Å². The molecule has 0 saturated heterocycles. The lowest BCUT2D eigenvalue weighted by Crippen LogP contribution is -2.13. The number of rotatable bonds is 7. The van der Waals surface area contributed by atoms with Crippen molar-refractivity contribution in [3.63, 3.8) is 0 Å².